The molecule has 4 saturated heterocycles. The van der Waals surface area contributed by atoms with Crippen molar-refractivity contribution in [3.05, 3.63) is 35.6 Å². The Labute approximate surface area is 171 Å². The second kappa shape index (κ2) is 7.71. The Morgan fingerprint density at radius 2 is 1.90 bits per heavy atom. The van der Waals surface area contributed by atoms with Gasteiger partial charge in [-0.3, -0.25) is 14.5 Å². The molecule has 156 valence electrons. The molecule has 0 N–H and O–H groups in total. The molecule has 4 aliphatic rings. The third-order valence-electron chi connectivity index (χ3n) is 7.55. The fourth-order valence-electron chi connectivity index (χ4n) is 6.18. The van der Waals surface area contributed by atoms with Crippen LogP contribution in [0.15, 0.2) is 24.3 Å². The van der Waals surface area contributed by atoms with Crippen LogP contribution in [0.25, 0.3) is 0 Å². The van der Waals surface area contributed by atoms with Gasteiger partial charge in [0.25, 0.3) is 5.91 Å². The summed E-state index contributed by atoms with van der Waals surface area (Å²) in [6.07, 6.45) is 6.17. The molecule has 4 aliphatic heterocycles. The van der Waals surface area contributed by atoms with Crippen LogP contribution in [0, 0.1) is 17.7 Å². The Bertz CT molecular complexity index is 792. The van der Waals surface area contributed by atoms with Crippen molar-refractivity contribution < 1.29 is 14.0 Å². The molecule has 3 atom stereocenters. The molecule has 2 bridgehead atoms. The third-order valence-corrected chi connectivity index (χ3v) is 7.55. The number of fused-ring (bicyclic) bond motifs is 4. The highest BCUT2D eigenvalue weighted by Crippen LogP contribution is 2.39. The number of carbonyl (C=O) groups is 2. The molecule has 0 saturated carbocycles. The quantitative estimate of drug-likeness (QED) is 0.768. The van der Waals surface area contributed by atoms with E-state index in [4.69, 9.17) is 0 Å². The van der Waals surface area contributed by atoms with Gasteiger partial charge in [0.05, 0.1) is 0 Å². The van der Waals surface area contributed by atoms with Gasteiger partial charge in [-0.15, -0.1) is 0 Å². The van der Waals surface area contributed by atoms with Crippen LogP contribution < -0.4 is 0 Å². The molecule has 0 aliphatic carbocycles. The molecule has 5 nitrogen and oxygen atoms in total. The van der Waals surface area contributed by atoms with E-state index in [1.54, 1.807) is 12.1 Å². The summed E-state index contributed by atoms with van der Waals surface area (Å²) in [5, 5.41) is 0. The van der Waals surface area contributed by atoms with Gasteiger partial charge in [-0.25, -0.2) is 4.39 Å². The largest absolute Gasteiger partial charge is 0.339 e. The molecule has 0 radical (unpaired) electrons. The molecule has 1 aromatic carbocycles. The van der Waals surface area contributed by atoms with Gasteiger partial charge >= 0.3 is 0 Å². The summed E-state index contributed by atoms with van der Waals surface area (Å²) in [6, 6.07) is 6.96. The van der Waals surface area contributed by atoms with Crippen LogP contribution in [0.5, 0.6) is 0 Å². The standard InChI is InChI=1S/C23H30FN3O2/c24-19-4-1-3-17(12-19)23(29)25-9-7-20(8-10-25)26-13-16-11-18(15-26)21-5-2-6-22(28)27(21)14-16/h1,3-4,12,16,18,20-21H,2,5-11,13-15H2/t16?,18?,21-/m1/s1. The molecule has 6 heteroatoms. The molecular formula is C23H30FN3O2. The molecule has 1 aromatic rings. The number of hydrogen-bond donors (Lipinski definition) is 0. The maximum absolute atomic E-state index is 13.5. The number of benzene rings is 1. The van der Waals surface area contributed by atoms with Crippen molar-refractivity contribution in [1.82, 2.24) is 14.7 Å². The molecule has 4 heterocycles. The summed E-state index contributed by atoms with van der Waals surface area (Å²) >= 11 is 0. The monoisotopic (exact) mass is 399 g/mol. The van der Waals surface area contributed by atoms with Crippen LogP contribution in [0.1, 0.15) is 48.9 Å². The van der Waals surface area contributed by atoms with E-state index >= 15 is 0 Å². The van der Waals surface area contributed by atoms with Gasteiger partial charge in [-0.05, 0) is 62.1 Å². The first-order valence-electron chi connectivity index (χ1n) is 11.2. The van der Waals surface area contributed by atoms with Crippen molar-refractivity contribution in [3.63, 3.8) is 0 Å². The smallest absolute Gasteiger partial charge is 0.253 e. The van der Waals surface area contributed by atoms with E-state index in [1.807, 2.05) is 4.90 Å². The molecule has 2 amide bonds. The fourth-order valence-corrected chi connectivity index (χ4v) is 6.18. The summed E-state index contributed by atoms with van der Waals surface area (Å²) in [5.41, 5.74) is 0.443. The van der Waals surface area contributed by atoms with Crippen LogP contribution in [0.3, 0.4) is 0 Å². The highest BCUT2D eigenvalue weighted by molar-refractivity contribution is 5.94. The van der Waals surface area contributed by atoms with Gasteiger partial charge in [0.15, 0.2) is 0 Å². The molecule has 0 aromatic heterocycles. The zero-order valence-electron chi connectivity index (χ0n) is 16.9. The SMILES string of the molecule is O=C(c1cccc(F)c1)N1CCC(N2CC3CC(C2)[C@H]2CCCC(=O)N2C3)CC1. The fraction of sp³-hybridized carbons (Fsp3) is 0.652. The summed E-state index contributed by atoms with van der Waals surface area (Å²) in [6.45, 7) is 4.58. The van der Waals surface area contributed by atoms with E-state index in [9.17, 15) is 14.0 Å². The van der Waals surface area contributed by atoms with Gasteiger partial charge in [0.2, 0.25) is 5.91 Å². The Hall–Kier alpha value is -1.95. The van der Waals surface area contributed by atoms with Crippen molar-refractivity contribution in [3.8, 4) is 0 Å². The number of amides is 2. The number of piperidine rings is 4. The van der Waals surface area contributed by atoms with Gasteiger partial charge in [0, 0.05) is 56.8 Å². The zero-order valence-corrected chi connectivity index (χ0v) is 16.9. The van der Waals surface area contributed by atoms with Gasteiger partial charge in [-0.2, -0.15) is 0 Å². The number of hydrogen-bond acceptors (Lipinski definition) is 3. The molecule has 29 heavy (non-hydrogen) atoms. The number of rotatable bonds is 2. The predicted octanol–water partition coefficient (Wildman–Crippen LogP) is 2.76. The topological polar surface area (TPSA) is 43.9 Å². The van der Waals surface area contributed by atoms with Crippen LogP contribution in [-0.2, 0) is 4.79 Å². The van der Waals surface area contributed by atoms with Gasteiger partial charge in [0.1, 0.15) is 5.82 Å². The maximum atomic E-state index is 13.5. The highest BCUT2D eigenvalue weighted by atomic mass is 19.1. The second-order valence-electron chi connectivity index (χ2n) is 9.36. The summed E-state index contributed by atoms with van der Waals surface area (Å²) in [4.78, 5) is 31.7. The van der Waals surface area contributed by atoms with Crippen molar-refractivity contribution >= 4 is 11.8 Å². The number of likely N-dealkylation sites (tertiary alicyclic amines) is 2. The minimum atomic E-state index is -0.360. The average Bonchev–Trinajstić information content (AvgIpc) is 2.74. The van der Waals surface area contributed by atoms with Crippen LogP contribution in [0.4, 0.5) is 4.39 Å². The summed E-state index contributed by atoms with van der Waals surface area (Å²) < 4.78 is 13.5. The first kappa shape index (κ1) is 19.0. The normalized spacial score (nSPS) is 30.9. The minimum absolute atomic E-state index is 0.0603. The molecular weight excluding hydrogens is 369 g/mol. The lowest BCUT2D eigenvalue weighted by molar-refractivity contribution is -0.145. The first-order chi connectivity index (χ1) is 14.1. The van der Waals surface area contributed by atoms with Crippen LogP contribution >= 0.6 is 0 Å². The van der Waals surface area contributed by atoms with E-state index in [1.165, 1.54) is 18.6 Å². The van der Waals surface area contributed by atoms with E-state index in [0.29, 0.717) is 35.4 Å². The van der Waals surface area contributed by atoms with Gasteiger partial charge < -0.3 is 9.80 Å². The van der Waals surface area contributed by atoms with Crippen molar-refractivity contribution in [2.24, 2.45) is 11.8 Å². The van der Waals surface area contributed by atoms with E-state index in [-0.39, 0.29) is 11.7 Å². The molecule has 2 unspecified atom stereocenters. The lowest BCUT2D eigenvalue weighted by Gasteiger charge is -2.54. The van der Waals surface area contributed by atoms with Crippen LogP contribution in [-0.4, -0.2) is 71.3 Å². The lowest BCUT2D eigenvalue weighted by Crippen LogP contribution is -2.62. The maximum Gasteiger partial charge on any atom is 0.253 e. The Kier molecular flexibility index (Phi) is 5.06. The van der Waals surface area contributed by atoms with Crippen LogP contribution in [0.2, 0.25) is 0 Å². The number of carbonyl (C=O) groups excluding carboxylic acids is 2. The first-order valence-corrected chi connectivity index (χ1v) is 11.2. The minimum Gasteiger partial charge on any atom is -0.339 e. The van der Waals surface area contributed by atoms with E-state index < -0.39 is 0 Å². The predicted molar refractivity (Wildman–Crippen MR) is 108 cm³/mol. The molecule has 0 spiro atoms. The highest BCUT2D eigenvalue weighted by Gasteiger charge is 2.45. The summed E-state index contributed by atoms with van der Waals surface area (Å²) in [5.74, 6) is 1.15. The third kappa shape index (κ3) is 3.67. The van der Waals surface area contributed by atoms with E-state index in [0.717, 1.165) is 64.8 Å². The Balaban J connectivity index is 1.20. The van der Waals surface area contributed by atoms with Crippen molar-refractivity contribution in [2.45, 2.75) is 50.6 Å². The number of halogens is 1. The lowest BCUT2D eigenvalue weighted by atomic mass is 9.75. The second-order valence-corrected chi connectivity index (χ2v) is 9.36. The Morgan fingerprint density at radius 3 is 2.69 bits per heavy atom. The average molecular weight is 400 g/mol. The van der Waals surface area contributed by atoms with E-state index in [2.05, 4.69) is 9.80 Å². The van der Waals surface area contributed by atoms with Crippen molar-refractivity contribution in [1.29, 1.82) is 0 Å². The van der Waals surface area contributed by atoms with Crippen molar-refractivity contribution in [2.75, 3.05) is 32.7 Å². The summed E-state index contributed by atoms with van der Waals surface area (Å²) in [7, 11) is 0. The zero-order chi connectivity index (χ0) is 20.0. The molecule has 5 rings (SSSR count). The Morgan fingerprint density at radius 1 is 1.07 bits per heavy atom. The number of nitrogens with zero attached hydrogens (tertiary/aromatic N) is 3. The molecule has 4 fully saturated rings. The van der Waals surface area contributed by atoms with Gasteiger partial charge in [-0.1, -0.05) is 6.07 Å².